The summed E-state index contributed by atoms with van der Waals surface area (Å²) in [6.07, 6.45) is 5.58. The molecule has 0 aromatic carbocycles. The van der Waals surface area contributed by atoms with E-state index >= 15 is 0 Å². The molecule has 76 valence electrons. The fraction of sp³-hybridized carbons (Fsp3) is 0.300. The molecule has 0 atom stereocenters. The second kappa shape index (κ2) is 2.79. The molecule has 0 saturated heterocycles. The molecule has 0 unspecified atom stereocenters. The van der Waals surface area contributed by atoms with Crippen LogP contribution in [-0.4, -0.2) is 25.4 Å². The summed E-state index contributed by atoms with van der Waals surface area (Å²) >= 11 is 0. The van der Waals surface area contributed by atoms with Gasteiger partial charge in [0.2, 0.25) is 0 Å². The molecule has 0 spiro atoms. The molecule has 5 heteroatoms. The Balaban J connectivity index is 2.32. The van der Waals surface area contributed by atoms with Crippen molar-refractivity contribution in [3.8, 4) is 0 Å². The minimum atomic E-state index is -1.02. The quantitative estimate of drug-likeness (QED) is 0.798. The van der Waals surface area contributed by atoms with E-state index in [1.807, 2.05) is 6.20 Å². The zero-order valence-electron chi connectivity index (χ0n) is 7.92. The molecule has 0 aliphatic heterocycles. The predicted molar refractivity (Wildman–Crippen MR) is 51.9 cm³/mol. The van der Waals surface area contributed by atoms with Gasteiger partial charge in [-0.05, 0) is 18.9 Å². The molecule has 3 rings (SSSR count). The Kier molecular flexibility index (Phi) is 1.56. The van der Waals surface area contributed by atoms with Gasteiger partial charge in [-0.2, -0.15) is 0 Å². The van der Waals surface area contributed by atoms with Gasteiger partial charge in [0.05, 0.1) is 0 Å². The van der Waals surface area contributed by atoms with Crippen LogP contribution in [0.3, 0.4) is 0 Å². The summed E-state index contributed by atoms with van der Waals surface area (Å²) in [5.74, 6) is 0.225. The van der Waals surface area contributed by atoms with E-state index in [2.05, 4.69) is 9.97 Å². The molecule has 1 aliphatic carbocycles. The highest BCUT2D eigenvalue weighted by Gasteiger charge is 2.30. The summed E-state index contributed by atoms with van der Waals surface area (Å²) in [6.45, 7) is 0. The van der Waals surface area contributed by atoms with Crippen molar-refractivity contribution in [3.63, 3.8) is 0 Å². The highest BCUT2D eigenvalue weighted by molar-refractivity contribution is 5.92. The Hall–Kier alpha value is -1.91. The first-order chi connectivity index (χ1) is 7.27. The third-order valence-corrected chi connectivity index (χ3v) is 2.58. The zero-order chi connectivity index (χ0) is 10.4. The average molecular weight is 203 g/mol. The fourth-order valence-electron chi connectivity index (χ4n) is 1.72. The maximum absolute atomic E-state index is 11.0. The van der Waals surface area contributed by atoms with Crippen LogP contribution >= 0.6 is 0 Å². The molecule has 0 radical (unpaired) electrons. The predicted octanol–water partition coefficient (Wildman–Crippen LogP) is 1.30. The standard InChI is InChI=1S/C10H9N3O2/c14-10(15)7-9-11-4-1-5-13(9)8(12-7)6-2-3-6/h1,4-6H,2-3H2,(H,14,15). The summed E-state index contributed by atoms with van der Waals surface area (Å²) in [7, 11) is 0. The van der Waals surface area contributed by atoms with Crippen molar-refractivity contribution in [1.29, 1.82) is 0 Å². The van der Waals surface area contributed by atoms with Crippen LogP contribution < -0.4 is 0 Å². The number of carboxylic acid groups (broad SMARTS) is 1. The first-order valence-corrected chi connectivity index (χ1v) is 4.83. The first-order valence-electron chi connectivity index (χ1n) is 4.83. The normalized spacial score (nSPS) is 15.7. The second-order valence-corrected chi connectivity index (χ2v) is 3.71. The van der Waals surface area contributed by atoms with Crippen molar-refractivity contribution in [2.24, 2.45) is 0 Å². The van der Waals surface area contributed by atoms with Gasteiger partial charge in [-0.15, -0.1) is 0 Å². The molecule has 1 aliphatic rings. The average Bonchev–Trinajstić information content (AvgIpc) is 2.99. The maximum Gasteiger partial charge on any atom is 0.358 e. The third-order valence-electron chi connectivity index (χ3n) is 2.58. The number of nitrogens with zero attached hydrogens (tertiary/aromatic N) is 3. The summed E-state index contributed by atoms with van der Waals surface area (Å²) in [5, 5.41) is 8.98. The molecular weight excluding hydrogens is 194 g/mol. The van der Waals surface area contributed by atoms with Crippen molar-refractivity contribution in [2.45, 2.75) is 18.8 Å². The number of imidazole rings is 1. The molecule has 2 heterocycles. The van der Waals surface area contributed by atoms with Crippen LogP contribution in [-0.2, 0) is 0 Å². The number of carbonyl (C=O) groups is 1. The van der Waals surface area contributed by atoms with Gasteiger partial charge in [-0.1, -0.05) is 0 Å². The molecule has 1 saturated carbocycles. The van der Waals surface area contributed by atoms with Crippen LogP contribution in [0.4, 0.5) is 0 Å². The summed E-state index contributed by atoms with van der Waals surface area (Å²) in [4.78, 5) is 19.2. The van der Waals surface area contributed by atoms with Crippen molar-refractivity contribution in [1.82, 2.24) is 14.4 Å². The minimum Gasteiger partial charge on any atom is -0.476 e. The molecule has 1 N–H and O–H groups in total. The van der Waals surface area contributed by atoms with Gasteiger partial charge in [-0.3, -0.25) is 4.40 Å². The van der Waals surface area contributed by atoms with E-state index < -0.39 is 5.97 Å². The van der Waals surface area contributed by atoms with Crippen molar-refractivity contribution >= 4 is 11.6 Å². The lowest BCUT2D eigenvalue weighted by Crippen LogP contribution is -1.98. The van der Waals surface area contributed by atoms with Gasteiger partial charge in [0, 0.05) is 18.3 Å². The van der Waals surface area contributed by atoms with E-state index in [1.54, 1.807) is 16.7 Å². The Morgan fingerprint density at radius 2 is 2.33 bits per heavy atom. The van der Waals surface area contributed by atoms with Crippen LogP contribution in [0, 0.1) is 0 Å². The number of aromatic nitrogens is 3. The van der Waals surface area contributed by atoms with Gasteiger partial charge in [0.25, 0.3) is 0 Å². The van der Waals surface area contributed by atoms with E-state index in [-0.39, 0.29) is 5.69 Å². The summed E-state index contributed by atoms with van der Waals surface area (Å²) in [5.41, 5.74) is 0.490. The van der Waals surface area contributed by atoms with Crippen LogP contribution in [0.25, 0.3) is 5.65 Å². The van der Waals surface area contributed by atoms with Gasteiger partial charge < -0.3 is 5.11 Å². The zero-order valence-corrected chi connectivity index (χ0v) is 7.92. The number of aromatic carboxylic acids is 1. The molecule has 5 nitrogen and oxygen atoms in total. The molecule has 0 amide bonds. The highest BCUT2D eigenvalue weighted by atomic mass is 16.4. The summed E-state index contributed by atoms with van der Waals surface area (Å²) in [6, 6.07) is 1.78. The van der Waals surface area contributed by atoms with E-state index in [0.717, 1.165) is 18.7 Å². The van der Waals surface area contributed by atoms with Crippen LogP contribution in [0.15, 0.2) is 18.5 Å². The Morgan fingerprint density at radius 3 is 3.00 bits per heavy atom. The van der Waals surface area contributed by atoms with E-state index in [4.69, 9.17) is 5.11 Å². The number of fused-ring (bicyclic) bond motifs is 1. The second-order valence-electron chi connectivity index (χ2n) is 3.71. The molecular formula is C10H9N3O2. The van der Waals surface area contributed by atoms with Crippen molar-refractivity contribution < 1.29 is 9.90 Å². The lowest BCUT2D eigenvalue weighted by molar-refractivity contribution is 0.0693. The van der Waals surface area contributed by atoms with Crippen LogP contribution in [0.2, 0.25) is 0 Å². The molecule has 2 aromatic heterocycles. The first kappa shape index (κ1) is 8.40. The smallest absolute Gasteiger partial charge is 0.358 e. The monoisotopic (exact) mass is 203 g/mol. The van der Waals surface area contributed by atoms with E-state index in [1.165, 1.54) is 0 Å². The van der Waals surface area contributed by atoms with Gasteiger partial charge >= 0.3 is 5.97 Å². The molecule has 0 bridgehead atoms. The third kappa shape index (κ3) is 1.20. The maximum atomic E-state index is 11.0. The number of hydrogen-bond donors (Lipinski definition) is 1. The van der Waals surface area contributed by atoms with Gasteiger partial charge in [0.15, 0.2) is 11.3 Å². The summed E-state index contributed by atoms with van der Waals surface area (Å²) < 4.78 is 1.78. The Morgan fingerprint density at radius 1 is 1.53 bits per heavy atom. The lowest BCUT2D eigenvalue weighted by atomic mass is 10.4. The van der Waals surface area contributed by atoms with Crippen LogP contribution in [0.1, 0.15) is 35.1 Å². The van der Waals surface area contributed by atoms with Crippen molar-refractivity contribution in [3.05, 3.63) is 30.0 Å². The highest BCUT2D eigenvalue weighted by Crippen LogP contribution is 2.39. The number of carboxylic acids is 1. The van der Waals surface area contributed by atoms with Gasteiger partial charge in [-0.25, -0.2) is 14.8 Å². The lowest BCUT2D eigenvalue weighted by Gasteiger charge is -1.95. The topological polar surface area (TPSA) is 67.5 Å². The molecule has 2 aromatic rings. The molecule has 1 fully saturated rings. The van der Waals surface area contributed by atoms with E-state index in [0.29, 0.717) is 11.6 Å². The van der Waals surface area contributed by atoms with Gasteiger partial charge in [0.1, 0.15) is 5.82 Å². The van der Waals surface area contributed by atoms with Crippen molar-refractivity contribution in [2.75, 3.05) is 0 Å². The fourth-order valence-corrected chi connectivity index (χ4v) is 1.72. The molecule has 15 heavy (non-hydrogen) atoms. The minimum absolute atomic E-state index is 0.0532. The number of hydrogen-bond acceptors (Lipinski definition) is 3. The Bertz CT molecular complexity index is 543. The largest absolute Gasteiger partial charge is 0.476 e. The van der Waals surface area contributed by atoms with E-state index in [9.17, 15) is 4.79 Å². The van der Waals surface area contributed by atoms with Crippen LogP contribution in [0.5, 0.6) is 0 Å². The number of rotatable bonds is 2. The SMILES string of the molecule is O=C(O)c1nc(C2CC2)n2cccnc12. The Labute approximate surface area is 85.4 Å².